The zero-order valence-electron chi connectivity index (χ0n) is 15.7. The summed E-state index contributed by atoms with van der Waals surface area (Å²) in [6, 6.07) is 7.47. The summed E-state index contributed by atoms with van der Waals surface area (Å²) in [5.41, 5.74) is 0.625. The van der Waals surface area contributed by atoms with E-state index in [9.17, 15) is 13.2 Å². The molecule has 3 nitrogen and oxygen atoms in total. The molecule has 0 aromatic heterocycles. The third-order valence-electron chi connectivity index (χ3n) is 5.31. The van der Waals surface area contributed by atoms with Crippen LogP contribution >= 0.6 is 11.6 Å². The van der Waals surface area contributed by atoms with Crippen LogP contribution in [0, 0.1) is 5.92 Å². The summed E-state index contributed by atoms with van der Waals surface area (Å²) >= 11 is 5.81. The number of alkyl halides is 4. The summed E-state index contributed by atoms with van der Waals surface area (Å²) in [5, 5.41) is 0. The highest BCUT2D eigenvalue weighted by atomic mass is 35.5. The number of rotatable bonds is 6. The first kappa shape index (κ1) is 20.1. The van der Waals surface area contributed by atoms with E-state index >= 15 is 0 Å². The predicted octanol–water partition coefficient (Wildman–Crippen LogP) is 5.18. The molecule has 0 amide bonds. The van der Waals surface area contributed by atoms with E-state index in [1.807, 2.05) is 24.3 Å². The predicted molar refractivity (Wildman–Crippen MR) is 106 cm³/mol. The van der Waals surface area contributed by atoms with Crippen LogP contribution in [0.3, 0.4) is 0 Å². The second kappa shape index (κ2) is 8.28. The van der Waals surface area contributed by atoms with Gasteiger partial charge in [-0.05, 0) is 35.8 Å². The van der Waals surface area contributed by atoms with Crippen LogP contribution in [0.5, 0.6) is 5.75 Å². The van der Waals surface area contributed by atoms with Crippen LogP contribution in [0.25, 0.3) is 0 Å². The fourth-order valence-electron chi connectivity index (χ4n) is 3.76. The molecule has 2 aliphatic heterocycles. The Kier molecular flexibility index (Phi) is 5.74. The Morgan fingerprint density at radius 1 is 1.17 bits per heavy atom. The molecule has 0 spiro atoms. The molecule has 1 aromatic carbocycles. The van der Waals surface area contributed by atoms with Crippen LogP contribution in [-0.2, 0) is 4.74 Å². The van der Waals surface area contributed by atoms with E-state index in [0.717, 1.165) is 37.0 Å². The summed E-state index contributed by atoms with van der Waals surface area (Å²) < 4.78 is 50.8. The van der Waals surface area contributed by atoms with E-state index in [1.54, 1.807) is 18.2 Å². The average Bonchev–Trinajstić information content (AvgIpc) is 2.68. The Bertz CT molecular complexity index is 865. The van der Waals surface area contributed by atoms with Gasteiger partial charge in [-0.3, -0.25) is 4.90 Å². The number of hydrogen-bond acceptors (Lipinski definition) is 3. The van der Waals surface area contributed by atoms with E-state index in [4.69, 9.17) is 21.1 Å². The number of nitrogens with zero attached hydrogens (tertiary/aromatic N) is 1. The van der Waals surface area contributed by atoms with Gasteiger partial charge in [-0.2, -0.15) is 13.2 Å². The number of ether oxygens (including phenoxy) is 2. The van der Waals surface area contributed by atoms with E-state index in [0.29, 0.717) is 24.0 Å². The number of likely N-dealkylation sites (tertiary alicyclic amines) is 1. The fraction of sp³-hybridized carbons (Fsp3) is 0.364. The Hall–Kier alpha value is -2.18. The summed E-state index contributed by atoms with van der Waals surface area (Å²) in [4.78, 5) is 2.30. The Morgan fingerprint density at radius 2 is 1.93 bits per heavy atom. The summed E-state index contributed by atoms with van der Waals surface area (Å²) in [5.74, 6) is 1.60. The van der Waals surface area contributed by atoms with Crippen molar-refractivity contribution in [2.24, 2.45) is 5.92 Å². The number of fused-ring (bicyclic) bond motifs is 1. The zero-order chi connectivity index (χ0) is 20.4. The lowest BCUT2D eigenvalue weighted by atomic mass is 9.83. The number of hydrogen-bond donors (Lipinski definition) is 0. The molecule has 1 aliphatic carbocycles. The Balaban J connectivity index is 1.40. The van der Waals surface area contributed by atoms with Crippen molar-refractivity contribution in [3.05, 3.63) is 77.3 Å². The van der Waals surface area contributed by atoms with Gasteiger partial charge in [-0.15, -0.1) is 11.6 Å². The van der Waals surface area contributed by atoms with Crippen LogP contribution in [0.1, 0.15) is 11.5 Å². The minimum Gasteiger partial charge on any atom is -0.492 e. The second-order valence-electron chi connectivity index (χ2n) is 7.34. The lowest BCUT2D eigenvalue weighted by molar-refractivity contribution is -0.0910. The molecular formula is C22H21ClF3NO2. The molecule has 0 saturated carbocycles. The van der Waals surface area contributed by atoms with Crippen molar-refractivity contribution >= 4 is 11.6 Å². The molecule has 0 N–H and O–H groups in total. The fourth-order valence-corrected chi connectivity index (χ4v) is 3.96. The monoisotopic (exact) mass is 423 g/mol. The first-order valence-corrected chi connectivity index (χ1v) is 10.0. The molecule has 29 heavy (non-hydrogen) atoms. The summed E-state index contributed by atoms with van der Waals surface area (Å²) in [6.07, 6.45) is 2.76. The summed E-state index contributed by atoms with van der Waals surface area (Å²) in [7, 11) is 0. The van der Waals surface area contributed by atoms with Gasteiger partial charge in [0.2, 0.25) is 0 Å². The van der Waals surface area contributed by atoms with Gasteiger partial charge in [0.05, 0.1) is 11.8 Å². The van der Waals surface area contributed by atoms with Crippen molar-refractivity contribution in [2.75, 3.05) is 32.1 Å². The molecule has 154 valence electrons. The van der Waals surface area contributed by atoms with Gasteiger partial charge < -0.3 is 9.47 Å². The van der Waals surface area contributed by atoms with Gasteiger partial charge in [0.15, 0.2) is 0 Å². The SMILES string of the molecule is FC(F)(F)C1=C2OC=CC=C2[C@@H](c2ccc(OCCN3CC(CCl)C3)cc2)C=C1. The minimum absolute atomic E-state index is 0.127. The number of allylic oxidation sites excluding steroid dienone is 6. The van der Waals surface area contributed by atoms with Crippen molar-refractivity contribution in [1.82, 2.24) is 4.90 Å². The van der Waals surface area contributed by atoms with Crippen molar-refractivity contribution in [3.63, 3.8) is 0 Å². The third-order valence-corrected chi connectivity index (χ3v) is 5.75. The van der Waals surface area contributed by atoms with E-state index in [-0.39, 0.29) is 11.7 Å². The lowest BCUT2D eigenvalue weighted by Crippen LogP contribution is -2.48. The molecule has 0 radical (unpaired) electrons. The topological polar surface area (TPSA) is 21.7 Å². The largest absolute Gasteiger partial charge is 0.492 e. The standard InChI is InChI=1S/C22H21ClF3NO2/c23-12-15-13-27(14-15)9-11-28-17-5-3-16(4-6-17)18-7-8-20(22(24,25)26)21-19(18)2-1-10-29-21/h1-8,10,15,18H,9,11-14H2/t18-/m1/s1. The maximum Gasteiger partial charge on any atom is 0.419 e. The Morgan fingerprint density at radius 3 is 2.62 bits per heavy atom. The molecule has 0 bridgehead atoms. The molecule has 1 fully saturated rings. The highest BCUT2D eigenvalue weighted by molar-refractivity contribution is 6.18. The highest BCUT2D eigenvalue weighted by Crippen LogP contribution is 2.43. The van der Waals surface area contributed by atoms with Gasteiger partial charge in [0.25, 0.3) is 0 Å². The maximum absolute atomic E-state index is 13.3. The summed E-state index contributed by atoms with van der Waals surface area (Å²) in [6.45, 7) is 3.47. The van der Waals surface area contributed by atoms with Crippen LogP contribution in [0.4, 0.5) is 13.2 Å². The van der Waals surface area contributed by atoms with Gasteiger partial charge in [0, 0.05) is 37.0 Å². The maximum atomic E-state index is 13.3. The van der Waals surface area contributed by atoms with Crippen LogP contribution in [0.15, 0.2) is 71.7 Å². The molecule has 2 heterocycles. The third kappa shape index (κ3) is 4.38. The highest BCUT2D eigenvalue weighted by Gasteiger charge is 2.40. The van der Waals surface area contributed by atoms with Crippen molar-refractivity contribution in [3.8, 4) is 5.75 Å². The van der Waals surface area contributed by atoms with Crippen molar-refractivity contribution < 1.29 is 22.6 Å². The number of benzene rings is 1. The second-order valence-corrected chi connectivity index (χ2v) is 7.65. The van der Waals surface area contributed by atoms with Gasteiger partial charge >= 0.3 is 6.18 Å². The molecule has 0 unspecified atom stereocenters. The molecule has 1 saturated heterocycles. The normalized spacial score (nSPS) is 22.1. The lowest BCUT2D eigenvalue weighted by Gasteiger charge is -2.38. The van der Waals surface area contributed by atoms with Crippen LogP contribution < -0.4 is 4.74 Å². The smallest absolute Gasteiger partial charge is 0.419 e. The first-order valence-electron chi connectivity index (χ1n) is 9.50. The Labute approximate surface area is 172 Å². The van der Waals surface area contributed by atoms with Gasteiger partial charge in [-0.1, -0.05) is 24.3 Å². The van der Waals surface area contributed by atoms with E-state index in [1.165, 1.54) is 6.26 Å². The van der Waals surface area contributed by atoms with Gasteiger partial charge in [-0.25, -0.2) is 0 Å². The van der Waals surface area contributed by atoms with Crippen molar-refractivity contribution in [2.45, 2.75) is 12.1 Å². The van der Waals surface area contributed by atoms with Crippen LogP contribution in [0.2, 0.25) is 0 Å². The molecular weight excluding hydrogens is 403 g/mol. The minimum atomic E-state index is -4.46. The molecule has 1 aromatic rings. The van der Waals surface area contributed by atoms with E-state index in [2.05, 4.69) is 4.90 Å². The molecule has 3 aliphatic rings. The quantitative estimate of drug-likeness (QED) is 0.589. The van der Waals surface area contributed by atoms with Gasteiger partial charge in [0.1, 0.15) is 18.1 Å². The van der Waals surface area contributed by atoms with E-state index < -0.39 is 11.7 Å². The molecule has 1 atom stereocenters. The number of halogens is 4. The molecule has 4 rings (SSSR count). The average molecular weight is 424 g/mol. The van der Waals surface area contributed by atoms with Crippen LogP contribution in [-0.4, -0.2) is 43.2 Å². The molecule has 7 heteroatoms. The zero-order valence-corrected chi connectivity index (χ0v) is 16.4. The first-order chi connectivity index (χ1) is 14.0. The van der Waals surface area contributed by atoms with Crippen molar-refractivity contribution in [1.29, 1.82) is 0 Å².